The number of amides is 1. The van der Waals surface area contributed by atoms with Crippen LogP contribution in [0.15, 0.2) is 24.3 Å². The van der Waals surface area contributed by atoms with Crippen LogP contribution >= 0.6 is 0 Å². The van der Waals surface area contributed by atoms with Crippen molar-refractivity contribution < 1.29 is 39.8 Å². The number of unbranched alkanes of at least 4 members (excludes halogenated alkanes) is 9. The van der Waals surface area contributed by atoms with Gasteiger partial charge in [-0.2, -0.15) is 0 Å². The van der Waals surface area contributed by atoms with E-state index in [1.54, 1.807) is 0 Å². The van der Waals surface area contributed by atoms with Crippen LogP contribution in [-0.4, -0.2) is 87.5 Å². The monoisotopic (exact) mass is 595 g/mol. The predicted octanol–water partition coefficient (Wildman–Crippen LogP) is 3.55. The van der Waals surface area contributed by atoms with Gasteiger partial charge < -0.3 is 40.3 Å². The molecule has 1 aliphatic rings. The molecule has 1 fully saturated rings. The lowest BCUT2D eigenvalue weighted by Gasteiger charge is -2.41. The third-order valence-corrected chi connectivity index (χ3v) is 8.32. The predicted molar refractivity (Wildman–Crippen MR) is 163 cm³/mol. The number of hydrogen-bond donors (Lipinski definition) is 6. The Hall–Kier alpha value is -1.59. The van der Waals surface area contributed by atoms with Crippen molar-refractivity contribution in [2.24, 2.45) is 0 Å². The Labute approximate surface area is 252 Å². The summed E-state index contributed by atoms with van der Waals surface area (Å²) in [7, 11) is 0. The summed E-state index contributed by atoms with van der Waals surface area (Å²) in [5.41, 5.74) is 1.21. The highest BCUT2D eigenvalue weighted by atomic mass is 16.7. The molecule has 1 amide bonds. The van der Waals surface area contributed by atoms with Crippen molar-refractivity contribution >= 4 is 5.91 Å². The number of aliphatic hydroxyl groups is 5. The second-order valence-corrected chi connectivity index (χ2v) is 12.0. The number of carbonyl (C=O) groups excluding carboxylic acids is 1. The number of nitrogens with one attached hydrogen (secondary N) is 1. The van der Waals surface area contributed by atoms with Crippen molar-refractivity contribution in [2.75, 3.05) is 19.8 Å². The Morgan fingerprint density at radius 2 is 1.38 bits per heavy atom. The smallest absolute Gasteiger partial charge is 0.220 e. The van der Waals surface area contributed by atoms with E-state index in [1.165, 1.54) is 44.1 Å². The van der Waals surface area contributed by atoms with E-state index in [4.69, 9.17) is 9.47 Å². The van der Waals surface area contributed by atoms with Gasteiger partial charge in [0.1, 0.15) is 24.4 Å². The van der Waals surface area contributed by atoms with Gasteiger partial charge in [-0.3, -0.25) is 4.79 Å². The first-order chi connectivity index (χ1) is 20.3. The lowest BCUT2D eigenvalue weighted by atomic mass is 9.91. The molecule has 242 valence electrons. The number of hydrogen-bond acceptors (Lipinski definition) is 8. The molecule has 6 N–H and O–H groups in total. The second-order valence-electron chi connectivity index (χ2n) is 12.0. The normalized spacial score (nSPS) is 23.9. The average Bonchev–Trinajstić information content (AvgIpc) is 3.00. The number of aryl methyl sites for hydroxylation is 2. The Kier molecular flexibility index (Phi) is 17.8. The van der Waals surface area contributed by atoms with Gasteiger partial charge in [0.25, 0.3) is 0 Å². The molecule has 9 nitrogen and oxygen atoms in total. The van der Waals surface area contributed by atoms with E-state index in [0.29, 0.717) is 19.3 Å². The largest absolute Gasteiger partial charge is 0.394 e. The molecule has 1 aromatic carbocycles. The first-order valence-corrected chi connectivity index (χ1v) is 16.2. The highest BCUT2D eigenvalue weighted by molar-refractivity contribution is 5.76. The average molecular weight is 596 g/mol. The topological polar surface area (TPSA) is 149 Å². The van der Waals surface area contributed by atoms with Crippen LogP contribution < -0.4 is 5.32 Å². The number of carbonyl (C=O) groups is 1. The van der Waals surface area contributed by atoms with Gasteiger partial charge in [-0.1, -0.05) is 95.9 Å². The van der Waals surface area contributed by atoms with E-state index in [-0.39, 0.29) is 12.5 Å². The molecule has 0 radical (unpaired) electrons. The van der Waals surface area contributed by atoms with Crippen LogP contribution in [0.25, 0.3) is 0 Å². The maximum Gasteiger partial charge on any atom is 0.220 e. The highest BCUT2D eigenvalue weighted by Gasteiger charge is 2.45. The molecule has 1 saturated heterocycles. The maximum atomic E-state index is 12.9. The zero-order valence-corrected chi connectivity index (χ0v) is 25.9. The van der Waals surface area contributed by atoms with E-state index in [9.17, 15) is 30.3 Å². The van der Waals surface area contributed by atoms with E-state index < -0.39 is 49.5 Å². The third kappa shape index (κ3) is 12.6. The Morgan fingerprint density at radius 3 is 1.98 bits per heavy atom. The van der Waals surface area contributed by atoms with Gasteiger partial charge in [-0.15, -0.1) is 0 Å². The van der Waals surface area contributed by atoms with Gasteiger partial charge in [-0.05, 0) is 43.2 Å². The molecule has 1 unspecified atom stereocenters. The summed E-state index contributed by atoms with van der Waals surface area (Å²) in [6.45, 7) is 3.20. The molecule has 6 atom stereocenters. The molecular formula is C33H57NO8. The second kappa shape index (κ2) is 20.4. The van der Waals surface area contributed by atoms with Crippen LogP contribution in [0.2, 0.25) is 0 Å². The minimum Gasteiger partial charge on any atom is -0.394 e. The number of benzene rings is 1. The lowest BCUT2D eigenvalue weighted by Crippen LogP contribution is -2.61. The Balaban J connectivity index is 2.02. The fourth-order valence-corrected chi connectivity index (χ4v) is 5.39. The van der Waals surface area contributed by atoms with E-state index in [0.717, 1.165) is 44.1 Å². The molecule has 0 spiro atoms. The first kappa shape index (κ1) is 36.6. The Bertz CT molecular complexity index is 851. The molecule has 0 aliphatic carbocycles. The molecule has 1 aliphatic heterocycles. The molecule has 0 aromatic heterocycles. The fourth-order valence-electron chi connectivity index (χ4n) is 5.39. The summed E-state index contributed by atoms with van der Waals surface area (Å²) in [6, 6.07) is 8.45. The van der Waals surface area contributed by atoms with Gasteiger partial charge in [0.15, 0.2) is 6.29 Å². The maximum absolute atomic E-state index is 12.9. The minimum atomic E-state index is -1.57. The molecule has 2 rings (SSSR count). The molecule has 9 heteroatoms. The SMILES string of the molecule is CCCCCCCCc1ccc(CCC(CO)(CO[C@H]2O[C@H](CO)[C@H](O)[C@H](O)[C@H]2O)NC(=O)CCCCCCC)cc1. The van der Waals surface area contributed by atoms with Crippen molar-refractivity contribution in [3.05, 3.63) is 35.4 Å². The van der Waals surface area contributed by atoms with Crippen LogP contribution in [-0.2, 0) is 27.1 Å². The summed E-state index contributed by atoms with van der Waals surface area (Å²) in [5, 5.41) is 53.7. The highest BCUT2D eigenvalue weighted by Crippen LogP contribution is 2.25. The van der Waals surface area contributed by atoms with E-state index in [1.807, 2.05) is 0 Å². The quantitative estimate of drug-likeness (QED) is 0.112. The van der Waals surface area contributed by atoms with Crippen molar-refractivity contribution in [3.8, 4) is 0 Å². The summed E-state index contributed by atoms with van der Waals surface area (Å²) in [5.74, 6) is -0.188. The van der Waals surface area contributed by atoms with Crippen molar-refractivity contribution in [2.45, 2.75) is 146 Å². The summed E-state index contributed by atoms with van der Waals surface area (Å²) >= 11 is 0. The van der Waals surface area contributed by atoms with Crippen LogP contribution in [0, 0.1) is 0 Å². The number of aliphatic hydroxyl groups excluding tert-OH is 5. The summed E-state index contributed by atoms with van der Waals surface area (Å²) in [4.78, 5) is 12.9. The van der Waals surface area contributed by atoms with Crippen LogP contribution in [0.4, 0.5) is 0 Å². The van der Waals surface area contributed by atoms with Gasteiger partial charge in [0.05, 0.1) is 25.4 Å². The molecule has 1 aromatic rings. The zero-order chi connectivity index (χ0) is 30.8. The van der Waals surface area contributed by atoms with Gasteiger partial charge in [0, 0.05) is 6.42 Å². The van der Waals surface area contributed by atoms with Crippen molar-refractivity contribution in [1.29, 1.82) is 0 Å². The van der Waals surface area contributed by atoms with E-state index >= 15 is 0 Å². The molecule has 42 heavy (non-hydrogen) atoms. The van der Waals surface area contributed by atoms with Crippen LogP contribution in [0.3, 0.4) is 0 Å². The minimum absolute atomic E-state index is 0.188. The fraction of sp³-hybridized carbons (Fsp3) is 0.788. The van der Waals surface area contributed by atoms with Crippen LogP contribution in [0.5, 0.6) is 0 Å². The zero-order valence-electron chi connectivity index (χ0n) is 25.9. The first-order valence-electron chi connectivity index (χ1n) is 16.2. The molecule has 0 saturated carbocycles. The summed E-state index contributed by atoms with van der Waals surface area (Å²) < 4.78 is 11.3. The number of ether oxygens (including phenoxy) is 2. The molecule has 0 bridgehead atoms. The van der Waals surface area contributed by atoms with Gasteiger partial charge >= 0.3 is 0 Å². The van der Waals surface area contributed by atoms with Gasteiger partial charge in [0.2, 0.25) is 5.91 Å². The van der Waals surface area contributed by atoms with Crippen LogP contribution in [0.1, 0.15) is 108 Å². The van der Waals surface area contributed by atoms with E-state index in [2.05, 4.69) is 43.4 Å². The lowest BCUT2D eigenvalue weighted by molar-refractivity contribution is -0.304. The summed E-state index contributed by atoms with van der Waals surface area (Å²) in [6.07, 6.45) is 7.84. The van der Waals surface area contributed by atoms with Gasteiger partial charge in [-0.25, -0.2) is 0 Å². The van der Waals surface area contributed by atoms with Crippen molar-refractivity contribution in [1.82, 2.24) is 5.32 Å². The third-order valence-electron chi connectivity index (χ3n) is 8.32. The molecular weight excluding hydrogens is 538 g/mol. The Morgan fingerprint density at radius 1 is 0.810 bits per heavy atom. The molecule has 1 heterocycles. The van der Waals surface area contributed by atoms with Crippen molar-refractivity contribution in [3.63, 3.8) is 0 Å². The standard InChI is InChI=1S/C33H57NO8/c1-3-5-7-9-11-12-14-25-16-18-26(19-17-25)20-21-33(23-36,34-28(37)15-13-10-8-6-4-2)24-41-32-31(40)30(39)29(38)27(22-35)42-32/h16-19,27,29-32,35-36,38-40H,3-15,20-24H2,1-2H3,(H,34,37)/t27-,29+,30+,31-,32+,33?/m1/s1. The number of rotatable bonds is 22.